The van der Waals surface area contributed by atoms with E-state index < -0.39 is 12.1 Å². The number of carboxylic acids is 1. The molecule has 0 radical (unpaired) electrons. The number of morpholine rings is 1. The molecule has 2 aliphatic heterocycles. The first-order valence-corrected chi connectivity index (χ1v) is 6.40. The number of carbonyl (C=O) groups excluding carboxylic acids is 1. The molecule has 1 N–H and O–H groups in total. The number of rotatable bonds is 4. The summed E-state index contributed by atoms with van der Waals surface area (Å²) < 4.78 is 10.5. The minimum atomic E-state index is -1.01. The minimum Gasteiger partial charge on any atom is -0.479 e. The van der Waals surface area contributed by atoms with Crippen molar-refractivity contribution in [3.63, 3.8) is 0 Å². The van der Waals surface area contributed by atoms with E-state index in [1.807, 2.05) is 0 Å². The largest absolute Gasteiger partial charge is 0.479 e. The lowest BCUT2D eigenvalue weighted by atomic mass is 10.1. The Balaban J connectivity index is 1.75. The normalized spacial score (nSPS) is 28.3. The van der Waals surface area contributed by atoms with Gasteiger partial charge in [0.15, 0.2) is 6.10 Å². The van der Waals surface area contributed by atoms with E-state index in [0.717, 1.165) is 25.9 Å². The molecule has 0 spiro atoms. The van der Waals surface area contributed by atoms with Crippen molar-refractivity contribution in [2.45, 2.75) is 37.9 Å². The van der Waals surface area contributed by atoms with Crippen LogP contribution in [0.2, 0.25) is 0 Å². The van der Waals surface area contributed by atoms with E-state index in [1.165, 1.54) is 0 Å². The number of carboxylic acid groups (broad SMARTS) is 1. The van der Waals surface area contributed by atoms with Crippen molar-refractivity contribution >= 4 is 11.9 Å². The zero-order valence-electron chi connectivity index (χ0n) is 10.3. The second kappa shape index (κ2) is 6.15. The monoisotopic (exact) mass is 257 g/mol. The molecule has 0 aromatic carbocycles. The van der Waals surface area contributed by atoms with Crippen LogP contribution in [0.1, 0.15) is 25.7 Å². The summed E-state index contributed by atoms with van der Waals surface area (Å²) in [6, 6.07) is 0. The molecule has 6 heteroatoms. The van der Waals surface area contributed by atoms with Crippen molar-refractivity contribution in [1.29, 1.82) is 0 Å². The molecule has 2 atom stereocenters. The standard InChI is InChI=1S/C12H19NO5/c14-11(4-3-9-2-1-6-17-9)13-5-7-18-10(8-13)12(15)16/h9-10H,1-8H2,(H,15,16)/t9-,10+/m1/s1. The van der Waals surface area contributed by atoms with Gasteiger partial charge in [0.25, 0.3) is 0 Å². The molecule has 6 nitrogen and oxygen atoms in total. The van der Waals surface area contributed by atoms with E-state index in [0.29, 0.717) is 19.6 Å². The van der Waals surface area contributed by atoms with Gasteiger partial charge in [0, 0.05) is 19.6 Å². The summed E-state index contributed by atoms with van der Waals surface area (Å²) in [5, 5.41) is 8.86. The average Bonchev–Trinajstić information content (AvgIpc) is 2.89. The Kier molecular flexibility index (Phi) is 4.54. The van der Waals surface area contributed by atoms with Crippen molar-refractivity contribution in [3.05, 3.63) is 0 Å². The molecule has 0 saturated carbocycles. The van der Waals surface area contributed by atoms with Crippen LogP contribution in [0.15, 0.2) is 0 Å². The Labute approximate surface area is 106 Å². The third-order valence-electron chi connectivity index (χ3n) is 3.40. The fourth-order valence-corrected chi connectivity index (χ4v) is 2.34. The van der Waals surface area contributed by atoms with Gasteiger partial charge in [-0.1, -0.05) is 0 Å². The van der Waals surface area contributed by atoms with Gasteiger partial charge in [-0.3, -0.25) is 4.79 Å². The lowest BCUT2D eigenvalue weighted by Gasteiger charge is -2.31. The molecule has 2 fully saturated rings. The molecule has 2 heterocycles. The predicted octanol–water partition coefficient (Wildman–Crippen LogP) is 0.258. The molecule has 0 bridgehead atoms. The first kappa shape index (κ1) is 13.3. The van der Waals surface area contributed by atoms with E-state index in [-0.39, 0.29) is 18.6 Å². The fraction of sp³-hybridized carbons (Fsp3) is 0.833. The molecule has 2 rings (SSSR count). The van der Waals surface area contributed by atoms with Crippen LogP contribution in [0, 0.1) is 0 Å². The number of nitrogens with zero attached hydrogens (tertiary/aromatic N) is 1. The Morgan fingerprint density at radius 1 is 1.28 bits per heavy atom. The number of ether oxygens (including phenoxy) is 2. The van der Waals surface area contributed by atoms with Crippen LogP contribution in [0.25, 0.3) is 0 Å². The predicted molar refractivity (Wildman–Crippen MR) is 62.2 cm³/mol. The second-order valence-electron chi connectivity index (χ2n) is 4.71. The quantitative estimate of drug-likeness (QED) is 0.781. The van der Waals surface area contributed by atoms with Crippen molar-refractivity contribution < 1.29 is 24.2 Å². The van der Waals surface area contributed by atoms with Crippen molar-refractivity contribution in [3.8, 4) is 0 Å². The summed E-state index contributed by atoms with van der Waals surface area (Å²) in [7, 11) is 0. The molecule has 102 valence electrons. The maximum absolute atomic E-state index is 11.9. The number of aliphatic carboxylic acids is 1. The van der Waals surface area contributed by atoms with E-state index in [1.54, 1.807) is 4.90 Å². The SMILES string of the molecule is O=C(O)[C@@H]1CN(C(=O)CC[C@H]2CCCO2)CCO1. The van der Waals surface area contributed by atoms with Gasteiger partial charge in [-0.2, -0.15) is 0 Å². The molecule has 0 unspecified atom stereocenters. The highest BCUT2D eigenvalue weighted by Crippen LogP contribution is 2.18. The van der Waals surface area contributed by atoms with Crippen LogP contribution in [-0.4, -0.2) is 60.4 Å². The van der Waals surface area contributed by atoms with Crippen molar-refractivity contribution in [2.75, 3.05) is 26.3 Å². The molecule has 2 aliphatic rings. The lowest BCUT2D eigenvalue weighted by molar-refractivity contribution is -0.159. The van der Waals surface area contributed by atoms with Gasteiger partial charge in [-0.15, -0.1) is 0 Å². The number of amides is 1. The van der Waals surface area contributed by atoms with Gasteiger partial charge in [0.1, 0.15) is 0 Å². The van der Waals surface area contributed by atoms with Crippen LogP contribution in [0.3, 0.4) is 0 Å². The summed E-state index contributed by atoms with van der Waals surface area (Å²) in [4.78, 5) is 24.3. The Hall–Kier alpha value is -1.14. The zero-order chi connectivity index (χ0) is 13.0. The Bertz CT molecular complexity index is 314. The van der Waals surface area contributed by atoms with Crippen LogP contribution in [0.5, 0.6) is 0 Å². The van der Waals surface area contributed by atoms with Gasteiger partial charge in [-0.25, -0.2) is 4.79 Å². The molecule has 0 aliphatic carbocycles. The summed E-state index contributed by atoms with van der Waals surface area (Å²) in [5.74, 6) is -1.01. The van der Waals surface area contributed by atoms with E-state index in [9.17, 15) is 9.59 Å². The topological polar surface area (TPSA) is 76.1 Å². The van der Waals surface area contributed by atoms with Gasteiger partial charge < -0.3 is 19.5 Å². The van der Waals surface area contributed by atoms with Crippen LogP contribution in [0.4, 0.5) is 0 Å². The van der Waals surface area contributed by atoms with Crippen molar-refractivity contribution in [2.24, 2.45) is 0 Å². The lowest BCUT2D eigenvalue weighted by Crippen LogP contribution is -2.48. The van der Waals surface area contributed by atoms with Gasteiger partial charge in [-0.05, 0) is 19.3 Å². The van der Waals surface area contributed by atoms with Crippen LogP contribution in [-0.2, 0) is 19.1 Å². The van der Waals surface area contributed by atoms with Crippen LogP contribution < -0.4 is 0 Å². The molecule has 0 aromatic heterocycles. The molecule has 0 aromatic rings. The smallest absolute Gasteiger partial charge is 0.334 e. The first-order valence-electron chi connectivity index (χ1n) is 6.40. The van der Waals surface area contributed by atoms with Gasteiger partial charge in [0.2, 0.25) is 5.91 Å². The third kappa shape index (κ3) is 3.43. The summed E-state index contributed by atoms with van der Waals surface area (Å²) in [6.45, 7) is 1.72. The maximum atomic E-state index is 11.9. The summed E-state index contributed by atoms with van der Waals surface area (Å²) in [6.07, 6.45) is 2.56. The van der Waals surface area contributed by atoms with E-state index in [4.69, 9.17) is 14.6 Å². The summed E-state index contributed by atoms with van der Waals surface area (Å²) >= 11 is 0. The second-order valence-corrected chi connectivity index (χ2v) is 4.71. The minimum absolute atomic E-state index is 0.0000463. The first-order chi connectivity index (χ1) is 8.66. The molecular formula is C12H19NO5. The van der Waals surface area contributed by atoms with Crippen molar-refractivity contribution in [1.82, 2.24) is 4.90 Å². The number of hydrogen-bond donors (Lipinski definition) is 1. The maximum Gasteiger partial charge on any atom is 0.334 e. The Morgan fingerprint density at radius 2 is 2.11 bits per heavy atom. The van der Waals surface area contributed by atoms with Gasteiger partial charge >= 0.3 is 5.97 Å². The summed E-state index contributed by atoms with van der Waals surface area (Å²) in [5.41, 5.74) is 0. The molecular weight excluding hydrogens is 238 g/mol. The van der Waals surface area contributed by atoms with Crippen LogP contribution >= 0.6 is 0 Å². The fourth-order valence-electron chi connectivity index (χ4n) is 2.34. The van der Waals surface area contributed by atoms with E-state index in [2.05, 4.69) is 0 Å². The Morgan fingerprint density at radius 3 is 2.78 bits per heavy atom. The molecule has 1 amide bonds. The molecule has 2 saturated heterocycles. The van der Waals surface area contributed by atoms with E-state index >= 15 is 0 Å². The highest BCUT2D eigenvalue weighted by atomic mass is 16.5. The number of hydrogen-bond acceptors (Lipinski definition) is 4. The average molecular weight is 257 g/mol. The van der Waals surface area contributed by atoms with Gasteiger partial charge in [0.05, 0.1) is 19.3 Å². The zero-order valence-corrected chi connectivity index (χ0v) is 10.3. The number of carbonyl (C=O) groups is 2. The highest BCUT2D eigenvalue weighted by Gasteiger charge is 2.29. The highest BCUT2D eigenvalue weighted by molar-refractivity contribution is 5.78. The molecule has 18 heavy (non-hydrogen) atoms. The third-order valence-corrected chi connectivity index (χ3v) is 3.40.